The first kappa shape index (κ1) is 14.2. The van der Waals surface area contributed by atoms with Crippen molar-refractivity contribution in [3.63, 3.8) is 0 Å². The third-order valence-electron chi connectivity index (χ3n) is 2.53. The van der Waals surface area contributed by atoms with Gasteiger partial charge in [-0.2, -0.15) is 0 Å². The monoisotopic (exact) mass is 293 g/mol. The molecule has 2 aromatic carbocycles. The van der Waals surface area contributed by atoms with Gasteiger partial charge in [0.2, 0.25) is 0 Å². The smallest absolute Gasteiger partial charge is 0.187 e. The van der Waals surface area contributed by atoms with Crippen molar-refractivity contribution in [2.24, 2.45) is 0 Å². The predicted molar refractivity (Wildman–Crippen MR) is 74.9 cm³/mol. The second kappa shape index (κ2) is 6.30. The molecule has 0 saturated carbocycles. The first-order valence-corrected chi connectivity index (χ1v) is 6.12. The summed E-state index contributed by atoms with van der Waals surface area (Å²) in [6.45, 7) is 0. The minimum absolute atomic E-state index is 0.225. The minimum atomic E-state index is -0.951. The zero-order chi connectivity index (χ0) is 14.5. The highest BCUT2D eigenvalue weighted by Gasteiger charge is 2.02. The molecule has 0 unspecified atom stereocenters. The first-order chi connectivity index (χ1) is 9.56. The molecule has 5 heteroatoms. The summed E-state index contributed by atoms with van der Waals surface area (Å²) in [6.07, 6.45) is 2.66. The molecule has 20 heavy (non-hydrogen) atoms. The predicted octanol–water partition coefficient (Wildman–Crippen LogP) is 4.43. The normalized spacial score (nSPS) is 10.8. The molecule has 0 saturated heterocycles. The number of benzene rings is 2. The Morgan fingerprint density at radius 2 is 1.75 bits per heavy atom. The van der Waals surface area contributed by atoms with Crippen LogP contribution in [0, 0.1) is 11.6 Å². The van der Waals surface area contributed by atoms with Crippen LogP contribution in [0.25, 0.3) is 0 Å². The molecule has 102 valence electrons. The van der Waals surface area contributed by atoms with E-state index in [9.17, 15) is 13.6 Å². The maximum atomic E-state index is 12.9. The van der Waals surface area contributed by atoms with Crippen LogP contribution in [0.15, 0.2) is 54.7 Å². The molecule has 0 spiro atoms. The molecule has 0 heterocycles. The molecular formula is C15H10ClF2NO. The topological polar surface area (TPSA) is 29.1 Å². The van der Waals surface area contributed by atoms with Gasteiger partial charge in [0, 0.05) is 34.6 Å². The molecule has 0 amide bonds. The number of rotatable bonds is 4. The van der Waals surface area contributed by atoms with E-state index in [1.165, 1.54) is 18.3 Å². The fraction of sp³-hybridized carbons (Fsp3) is 0. The maximum absolute atomic E-state index is 12.9. The zero-order valence-electron chi connectivity index (χ0n) is 10.2. The number of halogens is 3. The Hall–Kier alpha value is -2.20. The van der Waals surface area contributed by atoms with E-state index in [2.05, 4.69) is 5.32 Å². The lowest BCUT2D eigenvalue weighted by molar-refractivity contribution is 0.104. The van der Waals surface area contributed by atoms with E-state index in [-0.39, 0.29) is 5.78 Å². The van der Waals surface area contributed by atoms with Gasteiger partial charge in [-0.1, -0.05) is 11.6 Å². The highest BCUT2D eigenvalue weighted by atomic mass is 35.5. The van der Waals surface area contributed by atoms with Crippen molar-refractivity contribution in [1.82, 2.24) is 0 Å². The van der Waals surface area contributed by atoms with Crippen LogP contribution in [0.4, 0.5) is 14.5 Å². The van der Waals surface area contributed by atoms with Crippen LogP contribution in [0.3, 0.4) is 0 Å². The fourth-order valence-electron chi connectivity index (χ4n) is 1.51. The van der Waals surface area contributed by atoms with E-state index in [0.717, 1.165) is 12.1 Å². The van der Waals surface area contributed by atoms with Gasteiger partial charge in [-0.15, -0.1) is 0 Å². The summed E-state index contributed by atoms with van der Waals surface area (Å²) in [7, 11) is 0. The molecule has 2 nitrogen and oxygen atoms in total. The van der Waals surface area contributed by atoms with Crippen molar-refractivity contribution in [3.8, 4) is 0 Å². The fourth-order valence-corrected chi connectivity index (χ4v) is 1.64. The lowest BCUT2D eigenvalue weighted by Crippen LogP contribution is -1.96. The number of hydrogen-bond donors (Lipinski definition) is 1. The van der Waals surface area contributed by atoms with E-state index < -0.39 is 11.6 Å². The van der Waals surface area contributed by atoms with E-state index >= 15 is 0 Å². The van der Waals surface area contributed by atoms with Gasteiger partial charge in [-0.05, 0) is 36.4 Å². The van der Waals surface area contributed by atoms with Gasteiger partial charge >= 0.3 is 0 Å². The lowest BCUT2D eigenvalue weighted by Gasteiger charge is -2.01. The number of nitrogens with one attached hydrogen (secondary N) is 1. The summed E-state index contributed by atoms with van der Waals surface area (Å²) in [4.78, 5) is 11.8. The van der Waals surface area contributed by atoms with Gasteiger partial charge in [0.05, 0.1) is 0 Å². The number of allylic oxidation sites excluding steroid dienone is 1. The second-order valence-electron chi connectivity index (χ2n) is 3.98. The van der Waals surface area contributed by atoms with Gasteiger partial charge in [-0.25, -0.2) is 8.78 Å². The summed E-state index contributed by atoms with van der Waals surface area (Å²) >= 11 is 5.72. The summed E-state index contributed by atoms with van der Waals surface area (Å²) in [5.74, 6) is -2.10. The molecule has 2 rings (SSSR count). The Labute approximate surface area is 119 Å². The van der Waals surface area contributed by atoms with Crippen LogP contribution in [-0.4, -0.2) is 5.78 Å². The largest absolute Gasteiger partial charge is 0.361 e. The van der Waals surface area contributed by atoms with Gasteiger partial charge in [0.1, 0.15) is 0 Å². The maximum Gasteiger partial charge on any atom is 0.187 e. The van der Waals surface area contributed by atoms with Crippen LogP contribution < -0.4 is 5.32 Å². The highest BCUT2D eigenvalue weighted by Crippen LogP contribution is 2.13. The third-order valence-corrected chi connectivity index (χ3v) is 2.79. The van der Waals surface area contributed by atoms with E-state index in [1.807, 2.05) is 0 Å². The number of carbonyl (C=O) groups excluding carboxylic acids is 1. The number of anilines is 1. The Kier molecular flexibility index (Phi) is 4.48. The number of carbonyl (C=O) groups is 1. The number of ketones is 1. The van der Waals surface area contributed by atoms with E-state index in [1.54, 1.807) is 24.3 Å². The standard InChI is InChI=1S/C15H10ClF2NO/c16-11-3-1-10(2-4-11)15(20)7-8-19-12-5-6-13(17)14(18)9-12/h1-9,19H. The molecule has 0 aliphatic carbocycles. The Morgan fingerprint density at radius 3 is 2.40 bits per heavy atom. The molecule has 0 atom stereocenters. The summed E-state index contributed by atoms with van der Waals surface area (Å²) in [6, 6.07) is 9.82. The van der Waals surface area contributed by atoms with Crippen molar-refractivity contribution in [1.29, 1.82) is 0 Å². The van der Waals surface area contributed by atoms with Crippen molar-refractivity contribution in [3.05, 3.63) is 77.0 Å². The molecule has 0 bridgehead atoms. The Balaban J connectivity index is 2.00. The van der Waals surface area contributed by atoms with Crippen LogP contribution in [-0.2, 0) is 0 Å². The van der Waals surface area contributed by atoms with Crippen molar-refractivity contribution >= 4 is 23.1 Å². The van der Waals surface area contributed by atoms with Crippen LogP contribution >= 0.6 is 11.6 Å². The van der Waals surface area contributed by atoms with Gasteiger partial charge < -0.3 is 5.32 Å². The molecule has 1 N–H and O–H groups in total. The van der Waals surface area contributed by atoms with Gasteiger partial charge in [0.15, 0.2) is 17.4 Å². The molecule has 2 aromatic rings. The quantitative estimate of drug-likeness (QED) is 0.667. The zero-order valence-corrected chi connectivity index (χ0v) is 11.0. The lowest BCUT2D eigenvalue weighted by atomic mass is 10.1. The van der Waals surface area contributed by atoms with Crippen molar-refractivity contribution in [2.45, 2.75) is 0 Å². The van der Waals surface area contributed by atoms with Crippen LogP contribution in [0.1, 0.15) is 10.4 Å². The first-order valence-electron chi connectivity index (χ1n) is 5.74. The molecule has 0 radical (unpaired) electrons. The molecule has 0 aliphatic rings. The van der Waals surface area contributed by atoms with Crippen molar-refractivity contribution in [2.75, 3.05) is 5.32 Å². The van der Waals surface area contributed by atoms with Crippen LogP contribution in [0.2, 0.25) is 5.02 Å². The summed E-state index contributed by atoms with van der Waals surface area (Å²) in [5.41, 5.74) is 0.835. The second-order valence-corrected chi connectivity index (χ2v) is 4.41. The van der Waals surface area contributed by atoms with Crippen molar-refractivity contribution < 1.29 is 13.6 Å². The average molecular weight is 294 g/mol. The highest BCUT2D eigenvalue weighted by molar-refractivity contribution is 6.30. The SMILES string of the molecule is O=C(C=CNc1ccc(F)c(F)c1)c1ccc(Cl)cc1. The third kappa shape index (κ3) is 3.65. The van der Waals surface area contributed by atoms with E-state index in [4.69, 9.17) is 11.6 Å². The van der Waals surface area contributed by atoms with Gasteiger partial charge in [0.25, 0.3) is 0 Å². The minimum Gasteiger partial charge on any atom is -0.361 e. The molecule has 0 aliphatic heterocycles. The Bertz CT molecular complexity index is 653. The summed E-state index contributed by atoms with van der Waals surface area (Å²) < 4.78 is 25.7. The molecular weight excluding hydrogens is 284 g/mol. The Morgan fingerprint density at radius 1 is 1.05 bits per heavy atom. The van der Waals surface area contributed by atoms with E-state index in [0.29, 0.717) is 16.3 Å². The summed E-state index contributed by atoms with van der Waals surface area (Å²) in [5, 5.41) is 3.24. The molecule has 0 fully saturated rings. The average Bonchev–Trinajstić information content (AvgIpc) is 2.43. The van der Waals surface area contributed by atoms with Gasteiger partial charge in [-0.3, -0.25) is 4.79 Å². The molecule has 0 aromatic heterocycles. The number of hydrogen-bond acceptors (Lipinski definition) is 2. The van der Waals surface area contributed by atoms with Crippen LogP contribution in [0.5, 0.6) is 0 Å².